The number of rotatable bonds is 4. The first kappa shape index (κ1) is 16.9. The minimum Gasteiger partial charge on any atom is -0.416 e. The zero-order valence-corrected chi connectivity index (χ0v) is 17.5. The van der Waals surface area contributed by atoms with Crippen LogP contribution < -0.4 is 0 Å². The molecule has 1 fully saturated rings. The fourth-order valence-corrected chi connectivity index (χ4v) is 19.7. The van der Waals surface area contributed by atoms with E-state index in [-0.39, 0.29) is 0 Å². The number of hydrogen-bond donors (Lipinski definition) is 0. The van der Waals surface area contributed by atoms with E-state index in [1.807, 2.05) is 26.2 Å². The molecule has 0 atom stereocenters. The van der Waals surface area contributed by atoms with Gasteiger partial charge >= 0.3 is 26.2 Å². The molecule has 0 saturated carbocycles. The molecule has 1 saturated heterocycles. The molecule has 1 aliphatic heterocycles. The highest BCUT2D eigenvalue weighted by atomic mass is 28.6. The summed E-state index contributed by atoms with van der Waals surface area (Å²) in [6.07, 6.45) is 0. The molecule has 0 aromatic rings. The van der Waals surface area contributed by atoms with Crippen molar-refractivity contribution < 1.29 is 20.6 Å². The van der Waals surface area contributed by atoms with Crippen LogP contribution in [0.4, 0.5) is 0 Å². The fourth-order valence-electron chi connectivity index (χ4n) is 1.86. The molecule has 0 unspecified atom stereocenters. The predicted octanol–water partition coefficient (Wildman–Crippen LogP) is 2.42. The summed E-state index contributed by atoms with van der Waals surface area (Å²) >= 11 is 0. The van der Waals surface area contributed by atoms with Gasteiger partial charge in [0.15, 0.2) is 18.1 Å². The van der Waals surface area contributed by atoms with E-state index in [4.69, 9.17) is 20.6 Å². The summed E-state index contributed by atoms with van der Waals surface area (Å²) in [7, 11) is -9.31. The first-order valence-corrected chi connectivity index (χ1v) is 18.1. The van der Waals surface area contributed by atoms with E-state index in [1.54, 1.807) is 0 Å². The SMILES string of the molecule is C[Si](C)O[Si]1(O[Si](C)C)O[Si](C)(C)O[Si](C)(C)O1. The summed E-state index contributed by atoms with van der Waals surface area (Å²) in [5, 5.41) is 0. The molecule has 5 nitrogen and oxygen atoms in total. The molecule has 0 aromatic heterocycles. The van der Waals surface area contributed by atoms with E-state index in [0.29, 0.717) is 0 Å². The summed E-state index contributed by atoms with van der Waals surface area (Å²) in [6, 6.07) is 0. The largest absolute Gasteiger partial charge is 0.640 e. The van der Waals surface area contributed by atoms with Crippen molar-refractivity contribution in [3.63, 3.8) is 0 Å². The maximum atomic E-state index is 6.09. The molecule has 1 aliphatic rings. The molecule has 2 radical (unpaired) electrons. The fraction of sp³-hybridized carbons (Fsp3) is 1.00. The molecule has 0 spiro atoms. The van der Waals surface area contributed by atoms with Gasteiger partial charge in [-0.15, -0.1) is 0 Å². The Kier molecular flexibility index (Phi) is 5.37. The first-order chi connectivity index (χ1) is 7.95. The monoisotopic (exact) mass is 340 g/mol. The average Bonchev–Trinajstić information content (AvgIpc) is 1.90. The Labute approximate surface area is 117 Å². The molecule has 1 heterocycles. The third kappa shape index (κ3) is 5.11. The van der Waals surface area contributed by atoms with Crippen LogP contribution in [0.3, 0.4) is 0 Å². The van der Waals surface area contributed by atoms with Crippen LogP contribution in [-0.2, 0) is 20.6 Å². The highest BCUT2D eigenvalue weighted by molar-refractivity contribution is 6.92. The second-order valence-electron chi connectivity index (χ2n) is 5.63. The van der Waals surface area contributed by atoms with Crippen LogP contribution in [0.1, 0.15) is 0 Å². The summed E-state index contributed by atoms with van der Waals surface area (Å²) in [5.41, 5.74) is 0. The molecule has 0 amide bonds. The Bertz CT molecular complexity index is 268. The zero-order valence-electron chi connectivity index (χ0n) is 12.5. The van der Waals surface area contributed by atoms with Crippen molar-refractivity contribution in [1.29, 1.82) is 0 Å². The van der Waals surface area contributed by atoms with E-state index < -0.39 is 44.3 Å². The Morgan fingerprint density at radius 3 is 1.28 bits per heavy atom. The molecule has 0 bridgehead atoms. The second kappa shape index (κ2) is 5.71. The maximum absolute atomic E-state index is 6.09. The average molecular weight is 341 g/mol. The predicted molar refractivity (Wildman–Crippen MR) is 81.1 cm³/mol. The molecule has 106 valence electrons. The van der Waals surface area contributed by atoms with Crippen molar-refractivity contribution in [3.05, 3.63) is 0 Å². The topological polar surface area (TPSA) is 46.2 Å². The van der Waals surface area contributed by atoms with Crippen molar-refractivity contribution in [2.45, 2.75) is 52.4 Å². The van der Waals surface area contributed by atoms with Crippen molar-refractivity contribution in [1.82, 2.24) is 0 Å². The summed E-state index contributed by atoms with van der Waals surface area (Å²) < 4.78 is 30.3. The Morgan fingerprint density at radius 2 is 1.00 bits per heavy atom. The summed E-state index contributed by atoms with van der Waals surface area (Å²) in [6.45, 7) is 16.4. The van der Waals surface area contributed by atoms with E-state index in [9.17, 15) is 0 Å². The second-order valence-corrected chi connectivity index (χ2v) is 19.9. The van der Waals surface area contributed by atoms with Gasteiger partial charge in [0.1, 0.15) is 0 Å². The van der Waals surface area contributed by atoms with E-state index in [0.717, 1.165) is 0 Å². The quantitative estimate of drug-likeness (QED) is 0.736. The van der Waals surface area contributed by atoms with Gasteiger partial charge in [-0.25, -0.2) is 0 Å². The highest BCUT2D eigenvalue weighted by Gasteiger charge is 2.60. The zero-order chi connectivity index (χ0) is 14.2. The lowest BCUT2D eigenvalue weighted by Gasteiger charge is -2.47. The van der Waals surface area contributed by atoms with Gasteiger partial charge in [0, 0.05) is 0 Å². The van der Waals surface area contributed by atoms with Crippen molar-refractivity contribution >= 4 is 44.3 Å². The van der Waals surface area contributed by atoms with Gasteiger partial charge < -0.3 is 20.6 Å². The molecule has 0 aliphatic carbocycles. The van der Waals surface area contributed by atoms with Gasteiger partial charge in [0.25, 0.3) is 0 Å². The van der Waals surface area contributed by atoms with E-state index in [1.165, 1.54) is 0 Å². The van der Waals surface area contributed by atoms with Crippen LogP contribution in [-0.4, -0.2) is 44.3 Å². The van der Waals surface area contributed by atoms with Crippen LogP contribution in [0.25, 0.3) is 0 Å². The molecular weight excluding hydrogens is 317 g/mol. The standard InChI is InChI=1S/C8H24O5Si5/c1-14(2)9-18(10-15(3)4)12-16(5,6)11-17(7,8)13-18/h1-8H3. The van der Waals surface area contributed by atoms with Crippen LogP contribution in [0.15, 0.2) is 0 Å². The maximum Gasteiger partial charge on any atom is 0.640 e. The summed E-state index contributed by atoms with van der Waals surface area (Å²) in [4.78, 5) is 0. The molecule has 10 heteroatoms. The van der Waals surface area contributed by atoms with Crippen molar-refractivity contribution in [3.8, 4) is 0 Å². The van der Waals surface area contributed by atoms with Crippen molar-refractivity contribution in [2.75, 3.05) is 0 Å². The normalized spacial score (nSPS) is 25.7. The van der Waals surface area contributed by atoms with Gasteiger partial charge in [-0.1, -0.05) is 0 Å². The van der Waals surface area contributed by atoms with Gasteiger partial charge in [-0.3, -0.25) is 0 Å². The molecule has 0 N–H and O–H groups in total. The molecule has 18 heavy (non-hydrogen) atoms. The minimum atomic E-state index is -2.99. The molecule has 1 rings (SSSR count). The van der Waals surface area contributed by atoms with Crippen LogP contribution in [0, 0.1) is 0 Å². The van der Waals surface area contributed by atoms with Crippen molar-refractivity contribution in [2.24, 2.45) is 0 Å². The van der Waals surface area contributed by atoms with Gasteiger partial charge in [0.05, 0.1) is 0 Å². The Morgan fingerprint density at radius 1 is 0.667 bits per heavy atom. The van der Waals surface area contributed by atoms with Gasteiger partial charge in [0.2, 0.25) is 0 Å². The highest BCUT2D eigenvalue weighted by Crippen LogP contribution is 2.32. The smallest absolute Gasteiger partial charge is 0.416 e. The van der Waals surface area contributed by atoms with E-state index >= 15 is 0 Å². The molecular formula is C8H24O5Si5. The Balaban J connectivity index is 3.00. The van der Waals surface area contributed by atoms with E-state index in [2.05, 4.69) is 26.2 Å². The summed E-state index contributed by atoms with van der Waals surface area (Å²) in [5.74, 6) is 0. The van der Waals surface area contributed by atoms with Crippen LogP contribution in [0.2, 0.25) is 52.4 Å². The third-order valence-corrected chi connectivity index (χ3v) is 17.0. The minimum absolute atomic E-state index is 0.944. The first-order valence-electron chi connectivity index (χ1n) is 6.04. The van der Waals surface area contributed by atoms with Gasteiger partial charge in [-0.05, 0) is 52.4 Å². The molecule has 0 aromatic carbocycles. The lowest BCUT2D eigenvalue weighted by Crippen LogP contribution is -2.70. The lowest BCUT2D eigenvalue weighted by atomic mass is 11.9. The lowest BCUT2D eigenvalue weighted by molar-refractivity contribution is 0.0978. The Hall–Kier alpha value is 0.884. The third-order valence-electron chi connectivity index (χ3n) is 1.89. The number of hydrogen-bond acceptors (Lipinski definition) is 5. The van der Waals surface area contributed by atoms with Crippen LogP contribution in [0.5, 0.6) is 0 Å². The van der Waals surface area contributed by atoms with Gasteiger partial charge in [-0.2, -0.15) is 0 Å². The van der Waals surface area contributed by atoms with Crippen LogP contribution >= 0.6 is 0 Å².